The average Bonchev–Trinajstić information content (AvgIpc) is 3.85. The fourth-order valence-electron chi connectivity index (χ4n) is 12.4. The Morgan fingerprint density at radius 2 is 1.49 bits per heavy atom. The molecule has 5 fully saturated rings. The molecular weight excluding hydrogens is 1120 g/mol. The summed E-state index contributed by atoms with van der Waals surface area (Å²) in [6.07, 6.45) is 6.25. The van der Waals surface area contributed by atoms with Crippen LogP contribution in [-0.2, 0) is 42.4 Å². The molecule has 6 rings (SSSR count). The Bertz CT molecular complexity index is 2180. The molecule has 0 aromatic heterocycles. The van der Waals surface area contributed by atoms with Gasteiger partial charge in [0.2, 0.25) is 0 Å². The zero-order valence-electron chi connectivity index (χ0n) is 49.5. The minimum absolute atomic E-state index is 0.0119. The van der Waals surface area contributed by atoms with E-state index in [0.717, 1.165) is 56.1 Å². The molecule has 0 amide bonds. The fraction of sp³-hybridized carbons (Fsp3) is 0.803. The van der Waals surface area contributed by atoms with Crippen LogP contribution in [0.3, 0.4) is 0 Å². The van der Waals surface area contributed by atoms with Gasteiger partial charge in [0.25, 0.3) is 0 Å². The monoisotopic (exact) mass is 1230 g/mol. The van der Waals surface area contributed by atoms with Crippen LogP contribution in [0.1, 0.15) is 153 Å². The van der Waals surface area contributed by atoms with E-state index >= 15 is 8.42 Å². The van der Waals surface area contributed by atoms with Crippen molar-refractivity contribution in [2.24, 2.45) is 29.6 Å². The molecule has 1 aromatic rings. The van der Waals surface area contributed by atoms with Crippen LogP contribution in [0.15, 0.2) is 69.7 Å². The van der Waals surface area contributed by atoms with Crippen molar-refractivity contribution >= 4 is 49.1 Å². The van der Waals surface area contributed by atoms with Crippen LogP contribution in [0.5, 0.6) is 0 Å². The summed E-state index contributed by atoms with van der Waals surface area (Å²) in [6.45, 7) is 42.8. The molecule has 0 spiro atoms. The molecule has 11 nitrogen and oxygen atoms in total. The molecule has 0 aliphatic carbocycles. The van der Waals surface area contributed by atoms with Gasteiger partial charge in [-0.2, -0.15) is 0 Å². The average molecular weight is 1230 g/mol. The van der Waals surface area contributed by atoms with Gasteiger partial charge in [0, 0.05) is 31.3 Å². The fourth-order valence-corrected chi connectivity index (χ4v) is 17.6. The van der Waals surface area contributed by atoms with Gasteiger partial charge in [0.1, 0.15) is 6.10 Å². The molecule has 5 saturated heterocycles. The third-order valence-electron chi connectivity index (χ3n) is 19.4. The van der Waals surface area contributed by atoms with Crippen molar-refractivity contribution in [1.82, 2.24) is 0 Å². The largest absolute Gasteiger partial charge is 0.411 e. The summed E-state index contributed by atoms with van der Waals surface area (Å²) in [4.78, 5) is 0.197. The maximum absolute atomic E-state index is 15.5. The van der Waals surface area contributed by atoms with Gasteiger partial charge in [-0.05, 0) is 145 Å². The molecule has 0 saturated carbocycles. The van der Waals surface area contributed by atoms with Crippen LogP contribution in [0.25, 0.3) is 0 Å². The lowest BCUT2D eigenvalue weighted by molar-refractivity contribution is -0.253. The molecular formula is C61H103IO11SSi2. The van der Waals surface area contributed by atoms with E-state index in [1.165, 1.54) is 0 Å². The second kappa shape index (κ2) is 26.6. The molecule has 5 aliphatic rings. The maximum atomic E-state index is 15.5. The highest BCUT2D eigenvalue weighted by Crippen LogP contribution is 2.49. The van der Waals surface area contributed by atoms with Gasteiger partial charge in [-0.1, -0.05) is 137 Å². The Labute approximate surface area is 477 Å². The summed E-state index contributed by atoms with van der Waals surface area (Å²) < 4.78 is 82.7. The van der Waals surface area contributed by atoms with E-state index in [-0.39, 0.29) is 107 Å². The Kier molecular flexibility index (Phi) is 22.5. The molecule has 19 atom stereocenters. The van der Waals surface area contributed by atoms with Gasteiger partial charge < -0.3 is 42.7 Å². The van der Waals surface area contributed by atoms with Gasteiger partial charge in [-0.15, -0.1) is 0 Å². The molecule has 1 aromatic carbocycles. The van der Waals surface area contributed by atoms with E-state index < -0.39 is 56.0 Å². The summed E-state index contributed by atoms with van der Waals surface area (Å²) in [5, 5.41) is 21.2. The Morgan fingerprint density at radius 1 is 0.829 bits per heavy atom. The molecule has 0 bridgehead atoms. The van der Waals surface area contributed by atoms with Crippen molar-refractivity contribution in [2.75, 3.05) is 6.61 Å². The predicted octanol–water partition coefficient (Wildman–Crippen LogP) is 13.7. The highest BCUT2D eigenvalue weighted by molar-refractivity contribution is 14.1. The number of aliphatic hydroxyl groups excluding tert-OH is 2. The lowest BCUT2D eigenvalue weighted by atomic mass is 9.77. The third-order valence-corrected chi connectivity index (χ3v) is 31.1. The van der Waals surface area contributed by atoms with E-state index in [9.17, 15) is 10.2 Å². The summed E-state index contributed by atoms with van der Waals surface area (Å²) in [6, 6.07) is 8.68. The van der Waals surface area contributed by atoms with Crippen molar-refractivity contribution in [3.8, 4) is 0 Å². The topological polar surface area (TPSA) is 139 Å². The summed E-state index contributed by atoms with van der Waals surface area (Å²) >= 11 is 2.29. The maximum Gasteiger partial charge on any atom is 0.193 e. The lowest BCUT2D eigenvalue weighted by Crippen LogP contribution is -2.64. The molecule has 434 valence electrons. The number of fused-ring (bicyclic) bond motifs is 1. The zero-order valence-corrected chi connectivity index (χ0v) is 54.4. The van der Waals surface area contributed by atoms with Gasteiger partial charge in [-0.3, -0.25) is 0 Å². The van der Waals surface area contributed by atoms with Gasteiger partial charge in [0.15, 0.2) is 26.5 Å². The first kappa shape index (κ1) is 64.4. The van der Waals surface area contributed by atoms with Crippen molar-refractivity contribution in [3.05, 3.63) is 64.8 Å². The smallest absolute Gasteiger partial charge is 0.193 e. The van der Waals surface area contributed by atoms with E-state index in [1.54, 1.807) is 24.3 Å². The first-order valence-electron chi connectivity index (χ1n) is 29.3. The minimum Gasteiger partial charge on any atom is -0.411 e. The Hall–Kier alpha value is -0.806. The molecule has 5 aliphatic heterocycles. The molecule has 5 heterocycles. The van der Waals surface area contributed by atoms with Crippen LogP contribution < -0.4 is 0 Å². The summed E-state index contributed by atoms with van der Waals surface area (Å²) in [7, 11) is -8.74. The van der Waals surface area contributed by atoms with Crippen molar-refractivity contribution < 1.29 is 51.2 Å². The van der Waals surface area contributed by atoms with Crippen LogP contribution in [0, 0.1) is 29.6 Å². The third kappa shape index (κ3) is 15.2. The predicted molar refractivity (Wildman–Crippen MR) is 321 cm³/mol. The number of aliphatic hydroxyl groups is 2. The standard InChI is InChI=1S/C61H103IO11SSi2/c1-18-38(2)33-52-42(6)55(54(70-52)37-53-41(5)39(3)34-45(68-53)26-28-49-40(4)35-44(67-49)23-22-32-63)59(74(65,66)47-24-20-19-21-25-47)48(64)36-46-27-29-50-56(69-46)43(7)57(73-76(16,17)61(11,12)13)58(71-50)51(30-31-62)72-75(14,15)60(8,9)10/h19-21,24-25,30-31,38-39,42-46,48-59,63-64H,4-5,18,22-23,26-29,32-37H2,1-3,6-17H3/b31-30+/t38-,39-,42+,43+,44+,45+,46?,48?,49?,50+,51+,52-,53?,54+,55-,56-,57+,58+,59?/m1/s1. The van der Waals surface area contributed by atoms with Gasteiger partial charge in [-0.25, -0.2) is 8.42 Å². The minimum atomic E-state index is -4.14. The lowest BCUT2D eigenvalue weighted by Gasteiger charge is -2.54. The molecule has 76 heavy (non-hydrogen) atoms. The summed E-state index contributed by atoms with van der Waals surface area (Å²) in [5.41, 5.74) is 2.11. The molecule has 5 unspecified atom stereocenters. The first-order chi connectivity index (χ1) is 35.4. The van der Waals surface area contributed by atoms with E-state index in [0.29, 0.717) is 31.6 Å². The SMILES string of the molecule is C=C1C[C@H](CCCO)OC1CC[C@H]1C[C@@H](C)C(=C)C(C[C@@H]2O[C@H](C[C@H](C)CC)[C@H](C)[C@H]2C(C(O)CC2CC[C@@H]3O[C@@H]([C@H](/C=C/I)O[Si](C)(C)C(C)(C)C)[C@@H](O[Si](C)(C)C(C)(C)C)[C@@H](C)[C@H]3O2)S(=O)(=O)c2ccccc2)O1. The van der Waals surface area contributed by atoms with Crippen molar-refractivity contribution in [2.45, 2.75) is 279 Å². The number of hydrogen-bond donors (Lipinski definition) is 2. The van der Waals surface area contributed by atoms with Crippen molar-refractivity contribution in [1.29, 1.82) is 0 Å². The van der Waals surface area contributed by atoms with Gasteiger partial charge >= 0.3 is 0 Å². The summed E-state index contributed by atoms with van der Waals surface area (Å²) in [5.74, 6) is -0.265. The van der Waals surface area contributed by atoms with Crippen molar-refractivity contribution in [3.63, 3.8) is 0 Å². The zero-order chi connectivity index (χ0) is 56.3. The highest BCUT2D eigenvalue weighted by Gasteiger charge is 2.57. The number of ether oxygens (including phenoxy) is 5. The normalized spacial score (nSPS) is 34.8. The number of halogens is 1. The van der Waals surface area contributed by atoms with Crippen LogP contribution >= 0.6 is 22.6 Å². The Balaban J connectivity index is 1.29. The highest BCUT2D eigenvalue weighted by atomic mass is 127. The number of sulfone groups is 1. The quantitative estimate of drug-likeness (QED) is 0.0615. The number of benzene rings is 1. The molecule has 15 heteroatoms. The van der Waals surface area contributed by atoms with E-state index in [2.05, 4.69) is 144 Å². The van der Waals surface area contributed by atoms with Gasteiger partial charge in [0.05, 0.1) is 83.4 Å². The second-order valence-corrected chi connectivity index (χ2v) is 39.4. The number of rotatable bonds is 23. The van der Waals surface area contributed by atoms with E-state index in [4.69, 9.17) is 32.5 Å². The second-order valence-electron chi connectivity index (χ2n) is 27.1. The van der Waals surface area contributed by atoms with E-state index in [1.807, 2.05) is 10.1 Å². The Morgan fingerprint density at radius 3 is 2.11 bits per heavy atom. The molecule has 0 radical (unpaired) electrons. The first-order valence-corrected chi connectivity index (χ1v) is 37.9. The molecule has 2 N–H and O–H groups in total. The number of hydrogen-bond acceptors (Lipinski definition) is 11. The van der Waals surface area contributed by atoms with Crippen LogP contribution in [0.2, 0.25) is 36.3 Å². The van der Waals surface area contributed by atoms with Crippen LogP contribution in [-0.4, -0.2) is 126 Å². The van der Waals surface area contributed by atoms with Crippen LogP contribution in [0.4, 0.5) is 0 Å².